The average molecular weight is 495 g/mol. The molecule has 5 heterocycles. The Morgan fingerprint density at radius 3 is 2.59 bits per heavy atom. The summed E-state index contributed by atoms with van der Waals surface area (Å²) in [6, 6.07) is 11.7. The van der Waals surface area contributed by atoms with E-state index in [0.29, 0.717) is 29.9 Å². The molecule has 0 aromatic carbocycles. The second-order valence-corrected chi connectivity index (χ2v) is 9.46. The molecule has 9 heteroatoms. The van der Waals surface area contributed by atoms with Crippen LogP contribution in [0.25, 0.3) is 16.6 Å². The van der Waals surface area contributed by atoms with Crippen molar-refractivity contribution in [3.63, 3.8) is 0 Å². The highest BCUT2D eigenvalue weighted by Crippen LogP contribution is 2.32. The van der Waals surface area contributed by atoms with Crippen LogP contribution in [-0.4, -0.2) is 56.1 Å². The van der Waals surface area contributed by atoms with Gasteiger partial charge in [-0.25, -0.2) is 14.5 Å². The van der Waals surface area contributed by atoms with Gasteiger partial charge in [-0.2, -0.15) is 10.4 Å². The first-order valence-corrected chi connectivity index (χ1v) is 11.9. The zero-order valence-corrected chi connectivity index (χ0v) is 20.8. The van der Waals surface area contributed by atoms with Crippen molar-refractivity contribution < 1.29 is 14.6 Å². The molecule has 4 aromatic rings. The third kappa shape index (κ3) is 5.32. The number of hydrogen-bond donors (Lipinski definition) is 1. The van der Waals surface area contributed by atoms with Gasteiger partial charge in [0.05, 0.1) is 48.4 Å². The zero-order valence-electron chi connectivity index (χ0n) is 20.8. The maximum Gasteiger partial charge on any atom is 0.138 e. The molecule has 0 radical (unpaired) electrons. The molecule has 0 saturated carbocycles. The minimum Gasteiger partial charge on any atom is -0.489 e. The molecule has 1 N–H and O–H groups in total. The summed E-state index contributed by atoms with van der Waals surface area (Å²) >= 11 is 0. The topological polar surface area (TPSA) is 109 Å². The minimum absolute atomic E-state index is 0.0561. The Hall–Kier alpha value is -4.60. The van der Waals surface area contributed by atoms with E-state index < -0.39 is 5.60 Å². The van der Waals surface area contributed by atoms with E-state index in [0.717, 1.165) is 28.4 Å². The van der Waals surface area contributed by atoms with Crippen LogP contribution in [0, 0.1) is 23.2 Å². The maximum atomic E-state index is 10.0. The molecule has 0 unspecified atom stereocenters. The summed E-state index contributed by atoms with van der Waals surface area (Å²) in [4.78, 5) is 11.1. The molecule has 4 aromatic heterocycles. The summed E-state index contributed by atoms with van der Waals surface area (Å²) in [6.45, 7) is 6.69. The van der Waals surface area contributed by atoms with Crippen molar-refractivity contribution >= 4 is 11.3 Å². The van der Waals surface area contributed by atoms with Crippen molar-refractivity contribution in [3.8, 4) is 40.5 Å². The fourth-order valence-corrected chi connectivity index (χ4v) is 4.01. The highest BCUT2D eigenvalue weighted by atomic mass is 16.5. The molecule has 9 nitrogen and oxygen atoms in total. The molecule has 1 fully saturated rings. The second kappa shape index (κ2) is 9.81. The first-order chi connectivity index (χ1) is 17.8. The number of rotatable bonds is 7. The van der Waals surface area contributed by atoms with Crippen LogP contribution in [0.3, 0.4) is 0 Å². The SMILES string of the molecule is CC#Cc1ccc(OC2CN(c3ccc(-c4cc(OCC(C)(C)O)cn5ncc(C#N)c45)cn3)C2)cn1. The first-order valence-electron chi connectivity index (χ1n) is 11.9. The van der Waals surface area contributed by atoms with Gasteiger partial charge >= 0.3 is 0 Å². The van der Waals surface area contributed by atoms with E-state index >= 15 is 0 Å². The van der Waals surface area contributed by atoms with Crippen LogP contribution in [0.5, 0.6) is 11.5 Å². The van der Waals surface area contributed by atoms with Crippen molar-refractivity contribution in [2.75, 3.05) is 24.6 Å². The van der Waals surface area contributed by atoms with Crippen LogP contribution in [0.15, 0.2) is 55.1 Å². The van der Waals surface area contributed by atoms with Crippen LogP contribution in [0.2, 0.25) is 0 Å². The summed E-state index contributed by atoms with van der Waals surface area (Å²) < 4.78 is 13.4. The number of anilines is 1. The molecule has 0 aliphatic carbocycles. The van der Waals surface area contributed by atoms with Crippen molar-refractivity contribution in [3.05, 3.63) is 66.4 Å². The standard InChI is InChI=1S/C28H26N6O3/c1-4-5-21-7-8-22(14-30-21)37-24-15-33(16-24)26-9-6-19(12-31-26)25-10-23(36-18-28(2,3)35)17-34-27(25)20(11-29)13-32-34/h6-10,12-14,17,24,35H,15-16,18H2,1-3H3. The number of nitrogens with zero attached hydrogens (tertiary/aromatic N) is 6. The van der Waals surface area contributed by atoms with Gasteiger partial charge in [0.25, 0.3) is 0 Å². The lowest BCUT2D eigenvalue weighted by Gasteiger charge is -2.39. The Bertz CT molecular complexity index is 1510. The van der Waals surface area contributed by atoms with Crippen LogP contribution in [0.1, 0.15) is 32.0 Å². The summed E-state index contributed by atoms with van der Waals surface area (Å²) in [5, 5.41) is 23.9. The van der Waals surface area contributed by atoms with Crippen LogP contribution in [0.4, 0.5) is 5.82 Å². The lowest BCUT2D eigenvalue weighted by molar-refractivity contribution is 0.0283. The third-order valence-corrected chi connectivity index (χ3v) is 5.82. The zero-order chi connectivity index (χ0) is 26.0. The molecule has 0 bridgehead atoms. The van der Waals surface area contributed by atoms with Crippen LogP contribution >= 0.6 is 0 Å². The summed E-state index contributed by atoms with van der Waals surface area (Å²) in [7, 11) is 0. The van der Waals surface area contributed by atoms with Crippen LogP contribution in [-0.2, 0) is 0 Å². The van der Waals surface area contributed by atoms with Gasteiger partial charge in [0.1, 0.15) is 41.8 Å². The Morgan fingerprint density at radius 2 is 1.95 bits per heavy atom. The molecule has 0 atom stereocenters. The number of aliphatic hydroxyl groups is 1. The van der Waals surface area contributed by atoms with E-state index in [4.69, 9.17) is 9.47 Å². The first kappa shape index (κ1) is 24.1. The van der Waals surface area contributed by atoms with Gasteiger partial charge in [-0.1, -0.05) is 5.92 Å². The summed E-state index contributed by atoms with van der Waals surface area (Å²) in [6.07, 6.45) is 6.76. The maximum absolute atomic E-state index is 10.0. The molecule has 1 aliphatic heterocycles. The van der Waals surface area contributed by atoms with E-state index in [1.807, 2.05) is 30.3 Å². The molecular weight excluding hydrogens is 468 g/mol. The highest BCUT2D eigenvalue weighted by Gasteiger charge is 2.29. The van der Waals surface area contributed by atoms with Gasteiger partial charge < -0.3 is 19.5 Å². The van der Waals surface area contributed by atoms with Crippen molar-refractivity contribution in [2.45, 2.75) is 32.5 Å². The number of ether oxygens (including phenoxy) is 2. The number of aromatic nitrogens is 4. The molecular formula is C28H26N6O3. The lowest BCUT2D eigenvalue weighted by atomic mass is 10.0. The molecule has 186 valence electrons. The van der Waals surface area contributed by atoms with E-state index in [9.17, 15) is 10.4 Å². The fraction of sp³-hybridized carbons (Fsp3) is 0.286. The Labute approximate surface area is 214 Å². The Balaban J connectivity index is 1.31. The molecule has 1 saturated heterocycles. The number of hydrogen-bond acceptors (Lipinski definition) is 8. The van der Waals surface area contributed by atoms with Gasteiger partial charge in [-0.3, -0.25) is 0 Å². The number of fused-ring (bicyclic) bond motifs is 1. The van der Waals surface area contributed by atoms with Gasteiger partial charge in [-0.15, -0.1) is 0 Å². The van der Waals surface area contributed by atoms with E-state index in [-0.39, 0.29) is 12.7 Å². The minimum atomic E-state index is -0.983. The third-order valence-electron chi connectivity index (χ3n) is 5.82. The Kier molecular flexibility index (Phi) is 6.39. The van der Waals surface area contributed by atoms with E-state index in [2.05, 4.69) is 37.9 Å². The molecule has 1 aliphatic rings. The van der Waals surface area contributed by atoms with Crippen molar-refractivity contribution in [2.24, 2.45) is 0 Å². The molecule has 0 amide bonds. The van der Waals surface area contributed by atoms with Crippen molar-refractivity contribution in [1.82, 2.24) is 19.6 Å². The number of pyridine rings is 3. The van der Waals surface area contributed by atoms with Gasteiger partial charge in [-0.05, 0) is 57.0 Å². The summed E-state index contributed by atoms with van der Waals surface area (Å²) in [5.41, 5.74) is 2.47. The predicted octanol–water partition coefficient (Wildman–Crippen LogP) is 3.45. The second-order valence-electron chi connectivity index (χ2n) is 9.46. The predicted molar refractivity (Wildman–Crippen MR) is 138 cm³/mol. The average Bonchev–Trinajstić information content (AvgIpc) is 3.28. The monoisotopic (exact) mass is 494 g/mol. The van der Waals surface area contributed by atoms with E-state index in [1.165, 1.54) is 6.20 Å². The number of nitriles is 1. The molecule has 0 spiro atoms. The van der Waals surface area contributed by atoms with Gasteiger partial charge in [0, 0.05) is 17.3 Å². The van der Waals surface area contributed by atoms with E-state index in [1.54, 1.807) is 43.9 Å². The smallest absolute Gasteiger partial charge is 0.138 e. The highest BCUT2D eigenvalue weighted by molar-refractivity contribution is 5.85. The summed E-state index contributed by atoms with van der Waals surface area (Å²) in [5.74, 6) is 7.85. The van der Waals surface area contributed by atoms with Crippen LogP contribution < -0.4 is 14.4 Å². The largest absolute Gasteiger partial charge is 0.489 e. The Morgan fingerprint density at radius 1 is 1.11 bits per heavy atom. The van der Waals surface area contributed by atoms with Crippen molar-refractivity contribution in [1.29, 1.82) is 5.26 Å². The quantitative estimate of drug-likeness (QED) is 0.389. The molecule has 37 heavy (non-hydrogen) atoms. The van der Waals surface area contributed by atoms with Gasteiger partial charge in [0.15, 0.2) is 0 Å². The lowest BCUT2D eigenvalue weighted by Crippen LogP contribution is -2.54. The van der Waals surface area contributed by atoms with Gasteiger partial charge in [0.2, 0.25) is 0 Å². The normalized spacial score (nSPS) is 13.4. The fourth-order valence-electron chi connectivity index (χ4n) is 4.01. The molecule has 5 rings (SSSR count).